The Bertz CT molecular complexity index is 1110. The summed E-state index contributed by atoms with van der Waals surface area (Å²) >= 11 is 0. The molecule has 0 radical (unpaired) electrons. The van der Waals surface area contributed by atoms with Gasteiger partial charge in [0.1, 0.15) is 0 Å². The number of amides is 2. The summed E-state index contributed by atoms with van der Waals surface area (Å²) in [6, 6.07) is 18.2. The first kappa shape index (κ1) is 24.3. The molecule has 0 fully saturated rings. The fourth-order valence-electron chi connectivity index (χ4n) is 5.14. The lowest BCUT2D eigenvalue weighted by atomic mass is 9.62. The van der Waals surface area contributed by atoms with Gasteiger partial charge >= 0.3 is 5.97 Å². The van der Waals surface area contributed by atoms with Gasteiger partial charge in [-0.15, -0.1) is 0 Å². The molecule has 0 spiro atoms. The molecule has 2 aromatic rings. The minimum absolute atomic E-state index is 0.136. The number of ether oxygens (including phenoxy) is 1. The van der Waals surface area contributed by atoms with E-state index in [4.69, 9.17) is 4.74 Å². The molecule has 0 aliphatic carbocycles. The molecular weight excluding hydrogens is 444 g/mol. The standard InChI is InChI=1S/C27H30N4O4/c1-17(2)35-22(32)16-27(5,23-18(3)28-30(25(23)33)20-12-8-6-9-13-20)24-19(4)29-31(26(24)34)21-14-10-7-11-15-21/h6-15,17,23-24H,16H2,1-5H3. The maximum Gasteiger partial charge on any atom is 0.306 e. The Morgan fingerprint density at radius 3 is 1.63 bits per heavy atom. The number of para-hydroxylation sites is 2. The van der Waals surface area contributed by atoms with Crippen molar-refractivity contribution in [2.24, 2.45) is 27.5 Å². The van der Waals surface area contributed by atoms with E-state index in [0.29, 0.717) is 22.8 Å². The molecule has 35 heavy (non-hydrogen) atoms. The molecule has 2 amide bonds. The SMILES string of the molecule is CC1=NN(c2ccccc2)C(=O)C1C(C)(CC(=O)OC(C)C)C1C(=O)N(c2ccccc2)N=C1C. The van der Waals surface area contributed by atoms with Crippen LogP contribution >= 0.6 is 0 Å². The molecule has 2 aliphatic heterocycles. The van der Waals surface area contributed by atoms with Crippen LogP contribution in [0.15, 0.2) is 70.9 Å². The van der Waals surface area contributed by atoms with Crippen molar-refractivity contribution in [2.75, 3.05) is 10.0 Å². The van der Waals surface area contributed by atoms with Gasteiger partial charge in [0.05, 0.1) is 35.7 Å². The average Bonchev–Trinajstić information content (AvgIpc) is 3.29. The number of hydrazone groups is 2. The number of carbonyl (C=O) groups is 3. The zero-order valence-electron chi connectivity index (χ0n) is 20.6. The quantitative estimate of drug-likeness (QED) is 0.556. The van der Waals surface area contributed by atoms with Gasteiger partial charge in [0.25, 0.3) is 11.8 Å². The highest BCUT2D eigenvalue weighted by atomic mass is 16.5. The van der Waals surface area contributed by atoms with E-state index in [-0.39, 0.29) is 24.3 Å². The summed E-state index contributed by atoms with van der Waals surface area (Å²) in [6.07, 6.45) is -0.459. The van der Waals surface area contributed by atoms with Crippen LogP contribution in [-0.2, 0) is 19.1 Å². The van der Waals surface area contributed by atoms with E-state index in [9.17, 15) is 14.4 Å². The van der Waals surface area contributed by atoms with Gasteiger partial charge in [-0.3, -0.25) is 14.4 Å². The average molecular weight is 475 g/mol. The van der Waals surface area contributed by atoms with Crippen LogP contribution in [0.3, 0.4) is 0 Å². The van der Waals surface area contributed by atoms with Crippen molar-refractivity contribution in [3.05, 3.63) is 60.7 Å². The van der Waals surface area contributed by atoms with Crippen molar-refractivity contribution in [3.8, 4) is 0 Å². The Morgan fingerprint density at radius 2 is 1.26 bits per heavy atom. The normalized spacial score (nSPS) is 21.8. The Balaban J connectivity index is 1.75. The zero-order valence-corrected chi connectivity index (χ0v) is 20.6. The van der Waals surface area contributed by atoms with Crippen molar-refractivity contribution < 1.29 is 19.1 Å². The number of rotatable bonds is 7. The molecule has 8 nitrogen and oxygen atoms in total. The van der Waals surface area contributed by atoms with E-state index in [1.807, 2.05) is 36.4 Å². The summed E-state index contributed by atoms with van der Waals surface area (Å²) in [6.45, 7) is 8.85. The predicted octanol–water partition coefficient (Wildman–Crippen LogP) is 4.41. The summed E-state index contributed by atoms with van der Waals surface area (Å²) in [5, 5.41) is 11.8. The second-order valence-electron chi connectivity index (χ2n) is 9.54. The summed E-state index contributed by atoms with van der Waals surface area (Å²) in [5.74, 6) is -2.66. The van der Waals surface area contributed by atoms with E-state index in [2.05, 4.69) is 10.2 Å². The van der Waals surface area contributed by atoms with Gasteiger partial charge in [-0.25, -0.2) is 10.0 Å². The number of benzene rings is 2. The molecule has 2 heterocycles. The Labute approximate surface area is 205 Å². The third-order valence-corrected chi connectivity index (χ3v) is 6.48. The first-order chi connectivity index (χ1) is 16.6. The fourth-order valence-corrected chi connectivity index (χ4v) is 5.14. The molecule has 8 heteroatoms. The monoisotopic (exact) mass is 474 g/mol. The molecule has 2 aromatic carbocycles. The molecule has 0 aromatic heterocycles. The van der Waals surface area contributed by atoms with E-state index in [1.54, 1.807) is 58.9 Å². The van der Waals surface area contributed by atoms with Crippen LogP contribution in [-0.4, -0.2) is 35.3 Å². The van der Waals surface area contributed by atoms with Crippen LogP contribution in [0.4, 0.5) is 11.4 Å². The Morgan fingerprint density at radius 1 is 0.857 bits per heavy atom. The van der Waals surface area contributed by atoms with Gasteiger partial charge in [0.2, 0.25) is 0 Å². The topological polar surface area (TPSA) is 91.6 Å². The van der Waals surface area contributed by atoms with Crippen LogP contribution in [0.2, 0.25) is 0 Å². The van der Waals surface area contributed by atoms with Crippen LogP contribution in [0.25, 0.3) is 0 Å². The lowest BCUT2D eigenvalue weighted by Gasteiger charge is -2.38. The number of esters is 1. The number of anilines is 2. The first-order valence-electron chi connectivity index (χ1n) is 11.7. The molecule has 2 unspecified atom stereocenters. The fraction of sp³-hybridized carbons (Fsp3) is 0.370. The van der Waals surface area contributed by atoms with E-state index >= 15 is 0 Å². The number of hydrogen-bond donors (Lipinski definition) is 0. The van der Waals surface area contributed by atoms with Crippen LogP contribution < -0.4 is 10.0 Å². The van der Waals surface area contributed by atoms with Crippen molar-refractivity contribution in [3.63, 3.8) is 0 Å². The summed E-state index contributed by atoms with van der Waals surface area (Å²) in [5.41, 5.74) is 1.19. The maximum absolute atomic E-state index is 13.8. The molecule has 0 N–H and O–H groups in total. The minimum Gasteiger partial charge on any atom is -0.463 e. The smallest absolute Gasteiger partial charge is 0.306 e. The molecule has 0 saturated heterocycles. The van der Waals surface area contributed by atoms with Crippen molar-refractivity contribution in [2.45, 2.75) is 47.1 Å². The Kier molecular flexibility index (Phi) is 6.56. The van der Waals surface area contributed by atoms with Gasteiger partial charge in [0.15, 0.2) is 0 Å². The van der Waals surface area contributed by atoms with Gasteiger partial charge in [-0.1, -0.05) is 43.3 Å². The summed E-state index contributed by atoms with van der Waals surface area (Å²) < 4.78 is 5.46. The highest BCUT2D eigenvalue weighted by Gasteiger charge is 2.57. The zero-order chi connectivity index (χ0) is 25.3. The van der Waals surface area contributed by atoms with Gasteiger partial charge in [0, 0.05) is 16.8 Å². The molecule has 0 bridgehead atoms. The number of nitrogens with zero attached hydrogens (tertiary/aromatic N) is 4. The predicted molar refractivity (Wildman–Crippen MR) is 135 cm³/mol. The maximum atomic E-state index is 13.8. The van der Waals surface area contributed by atoms with Crippen molar-refractivity contribution >= 4 is 40.6 Å². The third-order valence-electron chi connectivity index (χ3n) is 6.48. The number of carbonyl (C=O) groups excluding carboxylic acids is 3. The van der Waals surface area contributed by atoms with Crippen LogP contribution in [0, 0.1) is 17.3 Å². The molecular formula is C27H30N4O4. The Hall–Kier alpha value is -3.81. The molecule has 0 saturated carbocycles. The first-order valence-corrected chi connectivity index (χ1v) is 11.7. The lowest BCUT2D eigenvalue weighted by molar-refractivity contribution is -0.151. The highest BCUT2D eigenvalue weighted by molar-refractivity contribution is 6.20. The van der Waals surface area contributed by atoms with E-state index < -0.39 is 23.2 Å². The van der Waals surface area contributed by atoms with Crippen molar-refractivity contribution in [1.82, 2.24) is 0 Å². The third kappa shape index (κ3) is 4.48. The minimum atomic E-state index is -1.14. The largest absolute Gasteiger partial charge is 0.463 e. The van der Waals surface area contributed by atoms with Gasteiger partial charge < -0.3 is 4.74 Å². The molecule has 4 rings (SSSR count). The van der Waals surface area contributed by atoms with Crippen molar-refractivity contribution in [1.29, 1.82) is 0 Å². The summed E-state index contributed by atoms with van der Waals surface area (Å²) in [7, 11) is 0. The molecule has 2 aliphatic rings. The second kappa shape index (κ2) is 9.44. The lowest BCUT2D eigenvalue weighted by Crippen LogP contribution is -2.50. The van der Waals surface area contributed by atoms with E-state index in [0.717, 1.165) is 0 Å². The summed E-state index contributed by atoms with van der Waals surface area (Å²) in [4.78, 5) is 40.5. The van der Waals surface area contributed by atoms with E-state index in [1.165, 1.54) is 10.0 Å². The molecule has 182 valence electrons. The van der Waals surface area contributed by atoms with Crippen LogP contribution in [0.5, 0.6) is 0 Å². The van der Waals surface area contributed by atoms with Crippen LogP contribution in [0.1, 0.15) is 41.0 Å². The highest BCUT2D eigenvalue weighted by Crippen LogP contribution is 2.47. The van der Waals surface area contributed by atoms with Gasteiger partial charge in [-0.2, -0.15) is 10.2 Å². The molecule has 2 atom stereocenters. The second-order valence-corrected chi connectivity index (χ2v) is 9.54. The van der Waals surface area contributed by atoms with Gasteiger partial charge in [-0.05, 0) is 52.0 Å². The number of hydrogen-bond acceptors (Lipinski definition) is 6.